The number of benzene rings is 4. The highest BCUT2D eigenvalue weighted by Crippen LogP contribution is 2.24. The summed E-state index contributed by atoms with van der Waals surface area (Å²) in [5.74, 6) is 1.75. The van der Waals surface area contributed by atoms with E-state index in [0.29, 0.717) is 0 Å². The first-order valence-electron chi connectivity index (χ1n) is 10.6. The van der Waals surface area contributed by atoms with Crippen LogP contribution in [0.5, 0.6) is 11.5 Å². The minimum atomic E-state index is 0.875. The Morgan fingerprint density at radius 1 is 0.438 bits per heavy atom. The van der Waals surface area contributed by atoms with Crippen LogP contribution >= 0.6 is 0 Å². The fourth-order valence-corrected chi connectivity index (χ4v) is 3.55. The van der Waals surface area contributed by atoms with Crippen LogP contribution in [0, 0.1) is 0 Å². The molecule has 0 heterocycles. The summed E-state index contributed by atoms with van der Waals surface area (Å²) in [6.45, 7) is 0. The molecule has 0 atom stereocenters. The maximum absolute atomic E-state index is 5.41. The van der Waals surface area contributed by atoms with Gasteiger partial charge in [0.2, 0.25) is 0 Å². The van der Waals surface area contributed by atoms with Crippen molar-refractivity contribution in [3.8, 4) is 22.6 Å². The minimum absolute atomic E-state index is 0.875. The minimum Gasteiger partial charge on any atom is -0.496 e. The Morgan fingerprint density at radius 2 is 0.812 bits per heavy atom. The molecule has 0 aliphatic heterocycles. The summed E-state index contributed by atoms with van der Waals surface area (Å²) < 4.78 is 10.8. The van der Waals surface area contributed by atoms with Crippen LogP contribution in [0.15, 0.2) is 97.1 Å². The van der Waals surface area contributed by atoms with Crippen molar-refractivity contribution in [2.75, 3.05) is 14.2 Å². The van der Waals surface area contributed by atoms with E-state index in [0.717, 1.165) is 33.8 Å². The number of ether oxygens (including phenoxy) is 2. The molecule has 0 unspecified atom stereocenters. The van der Waals surface area contributed by atoms with Crippen LogP contribution in [0.4, 0.5) is 0 Å². The normalized spacial score (nSPS) is 11.2. The second-order valence-corrected chi connectivity index (χ2v) is 7.39. The summed E-state index contributed by atoms with van der Waals surface area (Å²) >= 11 is 0. The summed E-state index contributed by atoms with van der Waals surface area (Å²) in [7, 11) is 3.39. The molecule has 2 nitrogen and oxygen atoms in total. The van der Waals surface area contributed by atoms with E-state index in [-0.39, 0.29) is 0 Å². The van der Waals surface area contributed by atoms with Gasteiger partial charge in [-0.05, 0) is 34.4 Å². The molecule has 0 saturated heterocycles. The average molecular weight is 419 g/mol. The van der Waals surface area contributed by atoms with E-state index in [4.69, 9.17) is 9.47 Å². The van der Waals surface area contributed by atoms with Crippen LogP contribution < -0.4 is 9.47 Å². The van der Waals surface area contributed by atoms with E-state index in [2.05, 4.69) is 72.8 Å². The predicted octanol–water partition coefficient (Wildman–Crippen LogP) is 7.71. The quantitative estimate of drug-likeness (QED) is 0.286. The molecule has 0 spiro atoms. The molecule has 0 saturated carbocycles. The third kappa shape index (κ3) is 5.16. The van der Waals surface area contributed by atoms with Gasteiger partial charge in [0.05, 0.1) is 14.2 Å². The molecule has 2 heteroatoms. The van der Waals surface area contributed by atoms with Crippen molar-refractivity contribution in [2.45, 2.75) is 0 Å². The number of methoxy groups -OCH3 is 2. The van der Waals surface area contributed by atoms with Crippen LogP contribution in [0.25, 0.3) is 35.4 Å². The third-order valence-electron chi connectivity index (χ3n) is 5.34. The number of hydrogen-bond donors (Lipinski definition) is 0. The zero-order valence-corrected chi connectivity index (χ0v) is 18.4. The van der Waals surface area contributed by atoms with Crippen molar-refractivity contribution >= 4 is 24.3 Å². The van der Waals surface area contributed by atoms with Gasteiger partial charge in [-0.3, -0.25) is 0 Å². The summed E-state index contributed by atoms with van der Waals surface area (Å²) in [6, 6.07) is 33.2. The molecule has 4 aromatic carbocycles. The standard InChI is InChI=1S/C30H26O2/c1-31-29-9-5-3-7-27(29)21-15-23-11-17-25(18-12-23)26-19-13-24(14-20-26)16-22-28-8-4-6-10-30(28)32-2/h3-22H,1-2H3/b21-15-,22-16?. The van der Waals surface area contributed by atoms with Gasteiger partial charge in [-0.2, -0.15) is 0 Å². The van der Waals surface area contributed by atoms with Gasteiger partial charge in [0.25, 0.3) is 0 Å². The van der Waals surface area contributed by atoms with Crippen molar-refractivity contribution in [3.63, 3.8) is 0 Å². The lowest BCUT2D eigenvalue weighted by atomic mass is 10.0. The maximum Gasteiger partial charge on any atom is 0.126 e. The van der Waals surface area contributed by atoms with Crippen molar-refractivity contribution in [3.05, 3.63) is 119 Å². The molecule has 0 aliphatic rings. The topological polar surface area (TPSA) is 18.5 Å². The third-order valence-corrected chi connectivity index (χ3v) is 5.34. The first-order chi connectivity index (χ1) is 15.8. The first kappa shape index (κ1) is 21.2. The van der Waals surface area contributed by atoms with Gasteiger partial charge in [0.1, 0.15) is 11.5 Å². The van der Waals surface area contributed by atoms with Gasteiger partial charge in [-0.15, -0.1) is 0 Å². The van der Waals surface area contributed by atoms with E-state index in [9.17, 15) is 0 Å². The van der Waals surface area contributed by atoms with Gasteiger partial charge >= 0.3 is 0 Å². The van der Waals surface area contributed by atoms with Crippen LogP contribution in [0.2, 0.25) is 0 Å². The van der Waals surface area contributed by atoms with Crippen LogP contribution in [-0.4, -0.2) is 14.2 Å². The molecule has 0 aliphatic carbocycles. The summed E-state index contributed by atoms with van der Waals surface area (Å²) in [5.41, 5.74) is 6.82. The fraction of sp³-hybridized carbons (Fsp3) is 0.0667. The van der Waals surface area contributed by atoms with Crippen molar-refractivity contribution in [1.29, 1.82) is 0 Å². The zero-order chi connectivity index (χ0) is 22.2. The molecular weight excluding hydrogens is 392 g/mol. The second-order valence-electron chi connectivity index (χ2n) is 7.39. The summed E-state index contributed by atoms with van der Waals surface area (Å²) in [6.07, 6.45) is 8.37. The van der Waals surface area contributed by atoms with Gasteiger partial charge in [-0.25, -0.2) is 0 Å². The van der Waals surface area contributed by atoms with E-state index in [1.807, 2.05) is 48.5 Å². The maximum atomic E-state index is 5.41. The van der Waals surface area contributed by atoms with Crippen molar-refractivity contribution in [2.24, 2.45) is 0 Å². The molecular formula is C30H26O2. The highest BCUT2D eigenvalue weighted by molar-refractivity contribution is 5.76. The lowest BCUT2D eigenvalue weighted by molar-refractivity contribution is 0.414. The van der Waals surface area contributed by atoms with Crippen LogP contribution in [-0.2, 0) is 0 Å². The Balaban J connectivity index is 1.45. The molecule has 0 amide bonds. The number of hydrogen-bond acceptors (Lipinski definition) is 2. The lowest BCUT2D eigenvalue weighted by Crippen LogP contribution is -1.85. The largest absolute Gasteiger partial charge is 0.496 e. The Labute approximate surface area is 190 Å². The number of para-hydroxylation sites is 2. The second kappa shape index (κ2) is 10.3. The van der Waals surface area contributed by atoms with E-state index in [1.54, 1.807) is 14.2 Å². The van der Waals surface area contributed by atoms with Crippen LogP contribution in [0.1, 0.15) is 22.3 Å². The molecule has 4 rings (SSSR count). The summed E-state index contributed by atoms with van der Waals surface area (Å²) in [4.78, 5) is 0. The average Bonchev–Trinajstić information content (AvgIpc) is 2.87. The highest BCUT2D eigenvalue weighted by Gasteiger charge is 2.00. The first-order valence-corrected chi connectivity index (χ1v) is 10.6. The van der Waals surface area contributed by atoms with Gasteiger partial charge in [0.15, 0.2) is 0 Å². The fourth-order valence-electron chi connectivity index (χ4n) is 3.55. The van der Waals surface area contributed by atoms with E-state index in [1.165, 1.54) is 11.1 Å². The summed E-state index contributed by atoms with van der Waals surface area (Å²) in [5, 5.41) is 0. The number of rotatable bonds is 7. The van der Waals surface area contributed by atoms with Crippen molar-refractivity contribution in [1.82, 2.24) is 0 Å². The molecule has 0 aromatic heterocycles. The molecule has 0 fully saturated rings. The van der Waals surface area contributed by atoms with Gasteiger partial charge in [0, 0.05) is 11.1 Å². The molecule has 4 aromatic rings. The SMILES string of the molecule is COc1ccccc1C=Cc1ccc(-c2ccc(/C=C\c3ccccc3OC)cc2)cc1. The predicted molar refractivity (Wildman–Crippen MR) is 136 cm³/mol. The molecule has 0 radical (unpaired) electrons. The Hall–Kier alpha value is -4.04. The van der Waals surface area contributed by atoms with Gasteiger partial charge in [-0.1, -0.05) is 109 Å². The molecule has 0 bridgehead atoms. The van der Waals surface area contributed by atoms with E-state index >= 15 is 0 Å². The molecule has 0 N–H and O–H groups in total. The van der Waals surface area contributed by atoms with E-state index < -0.39 is 0 Å². The smallest absolute Gasteiger partial charge is 0.126 e. The zero-order valence-electron chi connectivity index (χ0n) is 18.4. The van der Waals surface area contributed by atoms with Gasteiger partial charge < -0.3 is 9.47 Å². The van der Waals surface area contributed by atoms with Crippen molar-refractivity contribution < 1.29 is 9.47 Å². The lowest BCUT2D eigenvalue weighted by Gasteiger charge is -2.05. The molecule has 158 valence electrons. The monoisotopic (exact) mass is 418 g/mol. The highest BCUT2D eigenvalue weighted by atomic mass is 16.5. The molecule has 32 heavy (non-hydrogen) atoms. The Bertz CT molecular complexity index is 1120. The Morgan fingerprint density at radius 3 is 1.19 bits per heavy atom. The van der Waals surface area contributed by atoms with Crippen LogP contribution in [0.3, 0.4) is 0 Å². The Kier molecular flexibility index (Phi) is 6.84.